The number of thiophene rings is 1. The summed E-state index contributed by atoms with van der Waals surface area (Å²) < 4.78 is 7.18. The molecule has 5 rings (SSSR count). The molecule has 0 fully saturated rings. The summed E-state index contributed by atoms with van der Waals surface area (Å²) in [6.45, 7) is 9.00. The minimum atomic E-state index is -0.274. The number of nitrogens with zero attached hydrogens (tertiary/aromatic N) is 3. The van der Waals surface area contributed by atoms with Crippen LogP contribution in [-0.4, -0.2) is 34.0 Å². The molecule has 0 unspecified atom stereocenters. The number of carbonyl (C=O) groups excluding carboxylic acids is 1. The summed E-state index contributed by atoms with van der Waals surface area (Å²) in [5.41, 5.74) is 6.53. The number of aromatic nitrogens is 2. The second-order valence-electron chi connectivity index (χ2n) is 10.5. The molecule has 0 radical (unpaired) electrons. The molecule has 2 heterocycles. The third kappa shape index (κ3) is 5.94. The first kappa shape index (κ1) is 27.1. The lowest BCUT2D eigenvalue weighted by Crippen LogP contribution is -2.24. The summed E-state index contributed by atoms with van der Waals surface area (Å²) in [7, 11) is 0. The van der Waals surface area contributed by atoms with Gasteiger partial charge in [0.2, 0.25) is 0 Å². The monoisotopic (exact) mass is 560 g/mol. The number of aryl methyl sites for hydroxylation is 2. The molecule has 0 saturated heterocycles. The lowest BCUT2D eigenvalue weighted by molar-refractivity contribution is -0.118. The Morgan fingerprint density at radius 3 is 2.59 bits per heavy atom. The maximum absolute atomic E-state index is 13.8. The molecule has 1 aliphatic carbocycles. The average Bonchev–Trinajstić information content (AvgIpc) is 3.49. The van der Waals surface area contributed by atoms with E-state index >= 15 is 0 Å². The molecule has 9 heteroatoms. The Morgan fingerprint density at radius 2 is 1.90 bits per heavy atom. The van der Waals surface area contributed by atoms with E-state index in [-0.39, 0.29) is 22.6 Å². The molecule has 0 saturated carbocycles. The summed E-state index contributed by atoms with van der Waals surface area (Å²) in [4.78, 5) is 33.3. The van der Waals surface area contributed by atoms with Crippen LogP contribution in [0.5, 0.6) is 5.75 Å². The maximum atomic E-state index is 13.8. The van der Waals surface area contributed by atoms with Crippen LogP contribution in [0.1, 0.15) is 55.7 Å². The van der Waals surface area contributed by atoms with Crippen molar-refractivity contribution in [2.45, 2.75) is 57.5 Å². The van der Waals surface area contributed by atoms with Crippen LogP contribution in [0.2, 0.25) is 0 Å². The molecule has 0 spiro atoms. The zero-order valence-corrected chi connectivity index (χ0v) is 24.2. The number of hydrogen-bond donors (Lipinski definition) is 1. The Bertz CT molecular complexity index is 1580. The van der Waals surface area contributed by atoms with Crippen LogP contribution < -0.4 is 15.7 Å². The lowest BCUT2D eigenvalue weighted by atomic mass is 9.87. The van der Waals surface area contributed by atoms with Gasteiger partial charge in [0.05, 0.1) is 29.6 Å². The fraction of sp³-hybridized carbons (Fsp3) is 0.333. The van der Waals surface area contributed by atoms with Crippen molar-refractivity contribution in [3.63, 3.8) is 0 Å². The van der Waals surface area contributed by atoms with Gasteiger partial charge in [-0.05, 0) is 72.6 Å². The van der Waals surface area contributed by atoms with Crippen molar-refractivity contribution in [1.29, 1.82) is 0 Å². The minimum absolute atomic E-state index is 0.0698. The van der Waals surface area contributed by atoms with Crippen molar-refractivity contribution in [2.24, 2.45) is 5.10 Å². The summed E-state index contributed by atoms with van der Waals surface area (Å²) >= 11 is 2.82. The second-order valence-corrected chi connectivity index (χ2v) is 12.5. The predicted octanol–water partition coefficient (Wildman–Crippen LogP) is 5.87. The number of fused-ring (bicyclic) bond motifs is 3. The molecule has 1 N–H and O–H groups in total. The second kappa shape index (κ2) is 11.4. The summed E-state index contributed by atoms with van der Waals surface area (Å²) in [6.07, 6.45) is 4.59. The topological polar surface area (TPSA) is 85.6 Å². The average molecular weight is 561 g/mol. The molecule has 39 heavy (non-hydrogen) atoms. The molecule has 4 aromatic rings. The molecule has 0 aliphatic heterocycles. The molecule has 2 aromatic carbocycles. The van der Waals surface area contributed by atoms with Gasteiger partial charge in [0.25, 0.3) is 11.5 Å². The fourth-order valence-corrected chi connectivity index (χ4v) is 6.73. The summed E-state index contributed by atoms with van der Waals surface area (Å²) in [5.74, 6) is 0.531. The van der Waals surface area contributed by atoms with E-state index in [1.807, 2.05) is 43.3 Å². The zero-order chi connectivity index (χ0) is 27.6. The largest absolute Gasteiger partial charge is 0.494 e. The number of rotatable bonds is 8. The van der Waals surface area contributed by atoms with E-state index < -0.39 is 0 Å². The molecule has 2 aromatic heterocycles. The van der Waals surface area contributed by atoms with Crippen molar-refractivity contribution >= 4 is 45.4 Å². The molecular weight excluding hydrogens is 528 g/mol. The smallest absolute Gasteiger partial charge is 0.267 e. The Morgan fingerprint density at radius 1 is 1.15 bits per heavy atom. The van der Waals surface area contributed by atoms with Crippen LogP contribution in [-0.2, 0) is 23.1 Å². The van der Waals surface area contributed by atoms with Crippen LogP contribution in [0.15, 0.2) is 63.6 Å². The highest BCUT2D eigenvalue weighted by Crippen LogP contribution is 2.36. The first-order valence-electron chi connectivity index (χ1n) is 13.1. The first-order chi connectivity index (χ1) is 18.7. The van der Waals surface area contributed by atoms with E-state index in [2.05, 4.69) is 43.4 Å². The van der Waals surface area contributed by atoms with Crippen LogP contribution in [0.3, 0.4) is 0 Å². The predicted molar refractivity (Wildman–Crippen MR) is 160 cm³/mol. The van der Waals surface area contributed by atoms with Gasteiger partial charge in [-0.15, -0.1) is 11.3 Å². The third-order valence-electron chi connectivity index (χ3n) is 6.63. The third-order valence-corrected chi connectivity index (χ3v) is 8.75. The Kier molecular flexibility index (Phi) is 7.91. The minimum Gasteiger partial charge on any atom is -0.494 e. The van der Waals surface area contributed by atoms with E-state index in [1.165, 1.54) is 22.2 Å². The number of amides is 1. The maximum Gasteiger partial charge on any atom is 0.267 e. The number of hydrogen-bond acceptors (Lipinski definition) is 7. The van der Waals surface area contributed by atoms with Crippen molar-refractivity contribution in [3.8, 4) is 11.4 Å². The standard InChI is InChI=1S/C30H32N4O3S2/c1-5-37-22-15-13-21(14-16-22)34-28(36)26-23-7-6-8-24(23)39-27(26)32-29(34)38-18-25(35)33-31-17-19-9-11-20(12-10-19)30(2,3)4/h9-17H,5-8,18H2,1-4H3,(H,33,35). The Hall–Kier alpha value is -3.43. The van der Waals surface area contributed by atoms with Crippen molar-refractivity contribution < 1.29 is 9.53 Å². The summed E-state index contributed by atoms with van der Waals surface area (Å²) in [5, 5.41) is 5.30. The van der Waals surface area contributed by atoms with Gasteiger partial charge >= 0.3 is 0 Å². The quantitative estimate of drug-likeness (QED) is 0.126. The number of carbonyl (C=O) groups is 1. The Labute approximate surface area is 236 Å². The molecular formula is C30H32N4O3S2. The molecule has 0 bridgehead atoms. The van der Waals surface area contributed by atoms with E-state index in [1.54, 1.807) is 22.1 Å². The zero-order valence-electron chi connectivity index (χ0n) is 22.6. The van der Waals surface area contributed by atoms with E-state index in [9.17, 15) is 9.59 Å². The van der Waals surface area contributed by atoms with Crippen LogP contribution in [0.4, 0.5) is 0 Å². The highest BCUT2D eigenvalue weighted by Gasteiger charge is 2.24. The number of nitrogens with one attached hydrogen (secondary N) is 1. The normalized spacial score (nSPS) is 13.2. The molecule has 202 valence electrons. The number of ether oxygens (including phenoxy) is 1. The van der Waals surface area contributed by atoms with E-state index in [0.717, 1.165) is 41.0 Å². The van der Waals surface area contributed by atoms with Crippen LogP contribution >= 0.6 is 23.1 Å². The first-order valence-corrected chi connectivity index (χ1v) is 14.9. The number of hydrazone groups is 1. The van der Waals surface area contributed by atoms with Gasteiger partial charge in [-0.3, -0.25) is 14.2 Å². The van der Waals surface area contributed by atoms with Gasteiger partial charge in [0.15, 0.2) is 5.16 Å². The molecule has 0 atom stereocenters. The fourth-order valence-electron chi connectivity index (χ4n) is 4.62. The highest BCUT2D eigenvalue weighted by molar-refractivity contribution is 7.99. The Balaban J connectivity index is 1.35. The van der Waals surface area contributed by atoms with E-state index in [4.69, 9.17) is 9.72 Å². The molecule has 1 aliphatic rings. The van der Waals surface area contributed by atoms with E-state index in [0.29, 0.717) is 22.8 Å². The number of benzene rings is 2. The van der Waals surface area contributed by atoms with Crippen molar-refractivity contribution in [2.75, 3.05) is 12.4 Å². The van der Waals surface area contributed by atoms with Gasteiger partial charge < -0.3 is 4.74 Å². The molecule has 7 nitrogen and oxygen atoms in total. The highest BCUT2D eigenvalue weighted by atomic mass is 32.2. The number of thioether (sulfide) groups is 1. The van der Waals surface area contributed by atoms with Gasteiger partial charge in [0, 0.05) is 4.88 Å². The van der Waals surface area contributed by atoms with Gasteiger partial charge in [-0.2, -0.15) is 5.10 Å². The van der Waals surface area contributed by atoms with Crippen LogP contribution in [0.25, 0.3) is 15.9 Å². The van der Waals surface area contributed by atoms with Crippen molar-refractivity contribution in [1.82, 2.24) is 15.0 Å². The van der Waals surface area contributed by atoms with Crippen molar-refractivity contribution in [3.05, 3.63) is 80.5 Å². The van der Waals surface area contributed by atoms with Crippen LogP contribution in [0, 0.1) is 0 Å². The van der Waals surface area contributed by atoms with Gasteiger partial charge in [-0.1, -0.05) is 56.8 Å². The van der Waals surface area contributed by atoms with Gasteiger partial charge in [-0.25, -0.2) is 10.4 Å². The SMILES string of the molecule is CCOc1ccc(-n2c(SCC(=O)NN=Cc3ccc(C(C)(C)C)cc3)nc3sc4c(c3c2=O)CCC4)cc1. The molecule has 1 amide bonds. The van der Waals surface area contributed by atoms with Gasteiger partial charge in [0.1, 0.15) is 10.6 Å². The lowest BCUT2D eigenvalue weighted by Gasteiger charge is -2.18. The summed E-state index contributed by atoms with van der Waals surface area (Å²) in [6, 6.07) is 15.5.